The van der Waals surface area contributed by atoms with Crippen molar-refractivity contribution >= 4 is 17.9 Å². The molecule has 0 aliphatic carbocycles. The molecule has 0 spiro atoms. The molecule has 0 aliphatic heterocycles. The van der Waals surface area contributed by atoms with E-state index in [0.29, 0.717) is 0 Å². The number of nitrogens with one attached hydrogen (secondary N) is 1. The molecule has 0 saturated heterocycles. The van der Waals surface area contributed by atoms with Gasteiger partial charge in [-0.25, -0.2) is 0 Å². The summed E-state index contributed by atoms with van der Waals surface area (Å²) in [6.45, 7) is 0. The van der Waals surface area contributed by atoms with Crippen molar-refractivity contribution in [3.8, 4) is 11.5 Å². The van der Waals surface area contributed by atoms with Crippen LogP contribution in [0.1, 0.15) is 0 Å². The smallest absolute Gasteiger partial charge is 0.593 e. The molecule has 0 radical (unpaired) electrons. The van der Waals surface area contributed by atoms with Crippen LogP contribution in [0.25, 0.3) is 5.14 Å². The second-order valence-corrected chi connectivity index (χ2v) is 2.42. The van der Waals surface area contributed by atoms with E-state index in [1.807, 2.05) is 0 Å². The first kappa shape index (κ1) is 15.3. The average Bonchev–Trinajstić information content (AvgIpc) is 2.16. The van der Waals surface area contributed by atoms with Gasteiger partial charge in [-0.2, -0.15) is 0 Å². The molecule has 0 bridgehead atoms. The average molecular weight is 303 g/mol. The van der Waals surface area contributed by atoms with Crippen molar-refractivity contribution in [3.05, 3.63) is 33.5 Å². The van der Waals surface area contributed by atoms with Crippen LogP contribution < -0.4 is 63.1 Å². The molecule has 0 heterocycles. The van der Waals surface area contributed by atoms with Crippen LogP contribution in [0.2, 0.25) is 0 Å². The molecule has 1 aromatic carbocycles. The van der Waals surface area contributed by atoms with Crippen LogP contribution in [0.4, 0.5) is 5.69 Å². The largest absolute Gasteiger partial charge is 1.00 e. The number of rotatable bonds is 4. The van der Waals surface area contributed by atoms with Crippen LogP contribution in [0.5, 0.6) is 11.5 Å². The van der Waals surface area contributed by atoms with Gasteiger partial charge in [0.15, 0.2) is 0 Å². The van der Waals surface area contributed by atoms with Gasteiger partial charge in [0.05, 0.1) is 4.92 Å². The molecule has 0 aliphatic rings. The van der Waals surface area contributed by atoms with Crippen molar-refractivity contribution < 1.29 is 77.4 Å². The molecule has 7 nitrogen and oxygen atoms in total. The Bertz CT molecular complexity index is 350. The number of phenolic OH excluding ortho intramolecular Hbond substituents is 1. The quantitative estimate of drug-likeness (QED) is 0.257. The van der Waals surface area contributed by atoms with Crippen molar-refractivity contribution in [2.24, 2.45) is 0 Å². The van der Waals surface area contributed by atoms with Crippen LogP contribution in [0, 0.1) is 10.1 Å². The maximum Gasteiger partial charge on any atom is 1.00 e. The zero-order valence-corrected chi connectivity index (χ0v) is 13.4. The predicted octanol–water partition coefficient (Wildman–Crippen LogP) is -0.770. The zero-order chi connectivity index (χ0) is 10.6. The Balaban J connectivity index is 0.00000196. The van der Waals surface area contributed by atoms with Crippen LogP contribution in [-0.2, 0) is 4.33 Å². The molecular weight excluding hydrogens is 298 g/mol. The van der Waals surface area contributed by atoms with Crippen molar-refractivity contribution in [1.29, 1.82) is 0 Å². The van der Waals surface area contributed by atoms with E-state index in [-0.39, 0.29) is 76.2 Å². The van der Waals surface area contributed by atoms with Crippen LogP contribution in [-0.4, -0.2) is 10.0 Å². The van der Waals surface area contributed by atoms with E-state index < -0.39 is 16.4 Å². The summed E-state index contributed by atoms with van der Waals surface area (Å²) in [6.07, 6.45) is 0. The normalized spacial score (nSPS) is 9.13. The van der Waals surface area contributed by atoms with E-state index in [0.717, 1.165) is 6.07 Å². The standard InChI is InChI=1S/C6H5N2O5S.Rb/c7-14-13-12-5-3-1-2-4(6(5)9)8(10)11;/h1-3,7,9H;/q-1;+1. The molecule has 1 rings (SSSR count). The molecule has 2 N–H and O–H groups in total. The third kappa shape index (κ3) is 4.35. The van der Waals surface area contributed by atoms with Crippen molar-refractivity contribution in [2.45, 2.75) is 0 Å². The Morgan fingerprint density at radius 1 is 1.53 bits per heavy atom. The van der Waals surface area contributed by atoms with Gasteiger partial charge in [0.2, 0.25) is 11.5 Å². The molecule has 9 heteroatoms. The second-order valence-electron chi connectivity index (χ2n) is 2.12. The van der Waals surface area contributed by atoms with Gasteiger partial charge in [-0.15, -0.1) is 4.33 Å². The number of hydrogen-bond donors (Lipinski definition) is 1. The molecule has 0 unspecified atom stereocenters. The van der Waals surface area contributed by atoms with Gasteiger partial charge in [-0.1, -0.05) is 18.3 Å². The maximum absolute atomic E-state index is 10.4. The number of nitro benzene ring substituents is 1. The van der Waals surface area contributed by atoms with E-state index in [2.05, 4.69) is 9.22 Å². The fraction of sp³-hybridized carbons (Fsp3) is 0. The minimum absolute atomic E-state index is 0. The van der Waals surface area contributed by atoms with Crippen LogP contribution >= 0.6 is 12.2 Å². The van der Waals surface area contributed by atoms with E-state index >= 15 is 0 Å². The van der Waals surface area contributed by atoms with Crippen molar-refractivity contribution in [3.63, 3.8) is 0 Å². The Morgan fingerprint density at radius 3 is 2.73 bits per heavy atom. The second kappa shape index (κ2) is 7.55. The summed E-state index contributed by atoms with van der Waals surface area (Å²) in [6, 6.07) is 3.72. The van der Waals surface area contributed by atoms with Crippen LogP contribution in [0.3, 0.4) is 0 Å². The van der Waals surface area contributed by atoms with E-state index in [1.165, 1.54) is 12.1 Å². The Hall–Kier alpha value is 0.295. The number of phenols is 1. The third-order valence-corrected chi connectivity index (χ3v) is 1.47. The van der Waals surface area contributed by atoms with E-state index in [9.17, 15) is 15.2 Å². The molecule has 76 valence electrons. The Morgan fingerprint density at radius 2 is 2.20 bits per heavy atom. The van der Waals surface area contributed by atoms with Crippen LogP contribution in [0.15, 0.2) is 18.2 Å². The van der Waals surface area contributed by atoms with E-state index in [1.54, 1.807) is 0 Å². The Kier molecular flexibility index (Phi) is 7.70. The van der Waals surface area contributed by atoms with Crippen molar-refractivity contribution in [1.82, 2.24) is 0 Å². The SMILES string of the molecule is [NH-]SOOc1cccc([N+](=O)[O-])c1O.[Rb+]. The Labute approximate surface area is 138 Å². The molecule has 0 saturated carbocycles. The molecule has 0 aromatic heterocycles. The number of hydrogen-bond acceptors (Lipinski definition) is 6. The maximum atomic E-state index is 10.4. The number of nitrogens with zero attached hydrogens (tertiary/aromatic N) is 1. The summed E-state index contributed by atoms with van der Waals surface area (Å²) in [5, 5.41) is 26.1. The van der Waals surface area contributed by atoms with Gasteiger partial charge in [0, 0.05) is 6.07 Å². The topological polar surface area (TPSA) is 106 Å². The number of nitro groups is 1. The zero-order valence-electron chi connectivity index (χ0n) is 7.67. The van der Waals surface area contributed by atoms with Gasteiger partial charge < -0.3 is 15.1 Å². The molecule has 15 heavy (non-hydrogen) atoms. The number of benzene rings is 1. The minimum atomic E-state index is -0.754. The van der Waals surface area contributed by atoms with Gasteiger partial charge >= 0.3 is 63.9 Å². The first-order valence-electron chi connectivity index (χ1n) is 3.30. The predicted molar refractivity (Wildman–Crippen MR) is 48.4 cm³/mol. The summed E-state index contributed by atoms with van der Waals surface area (Å²) in [5.41, 5.74) is -0.485. The van der Waals surface area contributed by atoms with Gasteiger partial charge in [0.25, 0.3) is 0 Å². The molecular formula is C6H5N2O5RbS. The monoisotopic (exact) mass is 302 g/mol. The van der Waals surface area contributed by atoms with Crippen molar-refractivity contribution in [2.75, 3.05) is 0 Å². The fourth-order valence-corrected chi connectivity index (χ4v) is 0.886. The molecule has 0 fully saturated rings. The summed E-state index contributed by atoms with van der Waals surface area (Å²) >= 11 is 0.166. The number of para-hydroxylation sites is 1. The number of aromatic hydroxyl groups is 1. The first-order valence-corrected chi connectivity index (χ1v) is 4.04. The molecule has 1 aromatic rings. The summed E-state index contributed by atoms with van der Waals surface area (Å²) in [4.78, 5) is 14.0. The van der Waals surface area contributed by atoms with Gasteiger partial charge in [-0.3, -0.25) is 10.1 Å². The fourth-order valence-electron chi connectivity index (χ4n) is 0.779. The summed E-state index contributed by atoms with van der Waals surface area (Å²) in [5.74, 6) is -0.842. The third-order valence-electron chi connectivity index (χ3n) is 1.33. The summed E-state index contributed by atoms with van der Waals surface area (Å²) in [7, 11) is 0. The summed E-state index contributed by atoms with van der Waals surface area (Å²) < 4.78 is 4.14. The molecule has 0 amide bonds. The van der Waals surface area contributed by atoms with Gasteiger partial charge in [-0.05, 0) is 6.07 Å². The minimum Gasteiger partial charge on any atom is -0.593 e. The van der Waals surface area contributed by atoms with E-state index in [4.69, 9.17) is 5.14 Å². The first-order chi connectivity index (χ1) is 6.66. The molecule has 0 atom stereocenters. The van der Waals surface area contributed by atoms with Gasteiger partial charge in [0.1, 0.15) is 0 Å².